The number of benzene rings is 1. The summed E-state index contributed by atoms with van der Waals surface area (Å²) in [5.74, 6) is -0.0456. The van der Waals surface area contributed by atoms with E-state index in [2.05, 4.69) is 16.1 Å². The highest BCUT2D eigenvalue weighted by Gasteiger charge is 2.05. The molecule has 0 aromatic heterocycles. The molecule has 0 atom stereocenters. The van der Waals surface area contributed by atoms with Crippen molar-refractivity contribution in [3.63, 3.8) is 0 Å². The summed E-state index contributed by atoms with van der Waals surface area (Å²) < 4.78 is 4.60. The molecular weight excluding hydrogens is 290 g/mol. The lowest BCUT2D eigenvalue weighted by molar-refractivity contribution is -0.140. The Balaban J connectivity index is 2.07. The van der Waals surface area contributed by atoms with E-state index >= 15 is 0 Å². The summed E-state index contributed by atoms with van der Waals surface area (Å²) in [6, 6.07) is 6.05. The average molecular weight is 319 g/mol. The second kappa shape index (κ2) is 10.8. The number of carbonyl (C=O) groups is 2. The van der Waals surface area contributed by atoms with Gasteiger partial charge >= 0.3 is 5.97 Å². The molecule has 0 saturated heterocycles. The lowest BCUT2D eigenvalue weighted by atomic mass is 10.1. The van der Waals surface area contributed by atoms with Gasteiger partial charge in [-0.15, -0.1) is 0 Å². The first-order chi connectivity index (χ1) is 11.0. The molecular formula is C19H29NO3. The predicted molar refractivity (Wildman–Crippen MR) is 93.5 cm³/mol. The van der Waals surface area contributed by atoms with Crippen molar-refractivity contribution in [2.24, 2.45) is 0 Å². The number of rotatable bonds is 10. The molecule has 4 nitrogen and oxygen atoms in total. The van der Waals surface area contributed by atoms with E-state index in [1.165, 1.54) is 12.7 Å². The molecule has 0 heterocycles. The molecule has 1 amide bonds. The van der Waals surface area contributed by atoms with Crippen LogP contribution in [0.5, 0.6) is 0 Å². The number of carbonyl (C=O) groups excluding carboxylic acids is 2. The third kappa shape index (κ3) is 8.38. The van der Waals surface area contributed by atoms with Gasteiger partial charge in [-0.05, 0) is 38.3 Å². The van der Waals surface area contributed by atoms with Crippen LogP contribution in [-0.4, -0.2) is 19.0 Å². The highest BCUT2D eigenvalue weighted by Crippen LogP contribution is 2.17. The minimum absolute atomic E-state index is 0.0858. The second-order valence-corrected chi connectivity index (χ2v) is 6.06. The molecule has 0 spiro atoms. The number of esters is 1. The summed E-state index contributed by atoms with van der Waals surface area (Å²) in [4.78, 5) is 22.9. The Bertz CT molecular complexity index is 511. The summed E-state index contributed by atoms with van der Waals surface area (Å²) in [6.45, 7) is 4.06. The third-order valence-corrected chi connectivity index (χ3v) is 3.92. The first-order valence-electron chi connectivity index (χ1n) is 8.47. The summed E-state index contributed by atoms with van der Waals surface area (Å²) >= 11 is 0. The van der Waals surface area contributed by atoms with Gasteiger partial charge in [0.2, 0.25) is 5.91 Å². The number of ether oxygens (including phenoxy) is 1. The molecule has 0 saturated carbocycles. The molecule has 1 rings (SSSR count). The molecule has 1 aromatic carbocycles. The first kappa shape index (κ1) is 19.2. The van der Waals surface area contributed by atoms with Crippen molar-refractivity contribution in [2.75, 3.05) is 12.4 Å². The summed E-state index contributed by atoms with van der Waals surface area (Å²) in [5.41, 5.74) is 3.21. The zero-order chi connectivity index (χ0) is 17.1. The quantitative estimate of drug-likeness (QED) is 0.509. The standard InChI is InChI=1S/C19H29NO3/c1-15-12-13-17(16(2)14-15)20-18(21)10-8-6-4-5-7-9-11-19(22)23-3/h12-14H,4-11H2,1-3H3,(H,20,21). The molecule has 1 aromatic rings. The maximum absolute atomic E-state index is 11.9. The van der Waals surface area contributed by atoms with E-state index in [4.69, 9.17) is 0 Å². The van der Waals surface area contributed by atoms with E-state index in [0.717, 1.165) is 49.8 Å². The van der Waals surface area contributed by atoms with Crippen molar-refractivity contribution in [1.29, 1.82) is 0 Å². The Morgan fingerprint density at radius 3 is 2.17 bits per heavy atom. The summed E-state index contributed by atoms with van der Waals surface area (Å²) in [5, 5.41) is 2.98. The van der Waals surface area contributed by atoms with Crippen LogP contribution in [0.15, 0.2) is 18.2 Å². The molecule has 128 valence electrons. The number of methoxy groups -OCH3 is 1. The van der Waals surface area contributed by atoms with Crippen molar-refractivity contribution >= 4 is 17.6 Å². The van der Waals surface area contributed by atoms with Crippen LogP contribution >= 0.6 is 0 Å². The normalized spacial score (nSPS) is 10.4. The van der Waals surface area contributed by atoms with E-state index in [1.807, 2.05) is 26.0 Å². The maximum Gasteiger partial charge on any atom is 0.305 e. The van der Waals surface area contributed by atoms with E-state index in [1.54, 1.807) is 0 Å². The van der Waals surface area contributed by atoms with Gasteiger partial charge in [0.1, 0.15) is 0 Å². The molecule has 23 heavy (non-hydrogen) atoms. The molecule has 0 fully saturated rings. The van der Waals surface area contributed by atoms with Crippen LogP contribution in [0.4, 0.5) is 5.69 Å². The Labute approximate surface area is 139 Å². The van der Waals surface area contributed by atoms with E-state index in [-0.39, 0.29) is 11.9 Å². The number of nitrogens with one attached hydrogen (secondary N) is 1. The van der Waals surface area contributed by atoms with E-state index in [9.17, 15) is 9.59 Å². The molecule has 0 bridgehead atoms. The van der Waals surface area contributed by atoms with Gasteiger partial charge in [0, 0.05) is 18.5 Å². The molecule has 1 N–H and O–H groups in total. The lowest BCUT2D eigenvalue weighted by Crippen LogP contribution is -2.12. The predicted octanol–water partition coefficient (Wildman–Crippen LogP) is 4.54. The fourth-order valence-electron chi connectivity index (χ4n) is 2.53. The highest BCUT2D eigenvalue weighted by atomic mass is 16.5. The summed E-state index contributed by atoms with van der Waals surface area (Å²) in [6.07, 6.45) is 7.19. The van der Waals surface area contributed by atoms with Gasteiger partial charge in [-0.1, -0.05) is 43.4 Å². The average Bonchev–Trinajstić information content (AvgIpc) is 2.52. The van der Waals surface area contributed by atoms with Gasteiger partial charge in [-0.3, -0.25) is 9.59 Å². The molecule has 0 unspecified atom stereocenters. The first-order valence-corrected chi connectivity index (χ1v) is 8.47. The Morgan fingerprint density at radius 2 is 1.57 bits per heavy atom. The minimum Gasteiger partial charge on any atom is -0.469 e. The van der Waals surface area contributed by atoms with E-state index < -0.39 is 0 Å². The van der Waals surface area contributed by atoms with Crippen molar-refractivity contribution < 1.29 is 14.3 Å². The van der Waals surface area contributed by atoms with Crippen LogP contribution < -0.4 is 5.32 Å². The molecule has 0 aliphatic heterocycles. The van der Waals surface area contributed by atoms with Crippen molar-refractivity contribution in [1.82, 2.24) is 0 Å². The third-order valence-electron chi connectivity index (χ3n) is 3.92. The van der Waals surface area contributed by atoms with Crippen LogP contribution in [0.1, 0.15) is 62.5 Å². The van der Waals surface area contributed by atoms with Crippen LogP contribution in [-0.2, 0) is 14.3 Å². The van der Waals surface area contributed by atoms with Gasteiger partial charge < -0.3 is 10.1 Å². The monoisotopic (exact) mass is 319 g/mol. The van der Waals surface area contributed by atoms with Crippen LogP contribution in [0.2, 0.25) is 0 Å². The Hall–Kier alpha value is -1.84. The SMILES string of the molecule is COC(=O)CCCCCCCCC(=O)Nc1ccc(C)cc1C. The Morgan fingerprint density at radius 1 is 0.957 bits per heavy atom. The topological polar surface area (TPSA) is 55.4 Å². The van der Waals surface area contributed by atoms with Gasteiger partial charge in [0.05, 0.1) is 7.11 Å². The van der Waals surface area contributed by atoms with Gasteiger partial charge in [0.25, 0.3) is 0 Å². The summed E-state index contributed by atoms with van der Waals surface area (Å²) in [7, 11) is 1.42. The minimum atomic E-state index is -0.131. The van der Waals surface area contributed by atoms with Crippen LogP contribution in [0.3, 0.4) is 0 Å². The molecule has 0 aliphatic rings. The number of unbranched alkanes of at least 4 members (excludes halogenated alkanes) is 5. The fraction of sp³-hybridized carbons (Fsp3) is 0.579. The molecule has 0 radical (unpaired) electrons. The van der Waals surface area contributed by atoms with Gasteiger partial charge in [0.15, 0.2) is 0 Å². The number of amides is 1. The number of hydrogen-bond donors (Lipinski definition) is 1. The van der Waals surface area contributed by atoms with Crippen LogP contribution in [0, 0.1) is 13.8 Å². The number of anilines is 1. The van der Waals surface area contributed by atoms with Crippen molar-refractivity contribution in [3.05, 3.63) is 29.3 Å². The molecule has 0 aliphatic carbocycles. The maximum atomic E-state index is 11.9. The Kier molecular flexibility index (Phi) is 9.03. The fourth-order valence-corrected chi connectivity index (χ4v) is 2.53. The van der Waals surface area contributed by atoms with Gasteiger partial charge in [-0.25, -0.2) is 0 Å². The van der Waals surface area contributed by atoms with E-state index in [0.29, 0.717) is 12.8 Å². The van der Waals surface area contributed by atoms with Crippen LogP contribution in [0.25, 0.3) is 0 Å². The van der Waals surface area contributed by atoms with Gasteiger partial charge in [-0.2, -0.15) is 0 Å². The smallest absolute Gasteiger partial charge is 0.305 e. The highest BCUT2D eigenvalue weighted by molar-refractivity contribution is 5.91. The second-order valence-electron chi connectivity index (χ2n) is 6.06. The van der Waals surface area contributed by atoms with Crippen molar-refractivity contribution in [3.8, 4) is 0 Å². The zero-order valence-electron chi connectivity index (χ0n) is 14.6. The number of aryl methyl sites for hydroxylation is 2. The number of hydrogen-bond acceptors (Lipinski definition) is 3. The molecule has 4 heteroatoms. The lowest BCUT2D eigenvalue weighted by Gasteiger charge is -2.09. The zero-order valence-corrected chi connectivity index (χ0v) is 14.6. The largest absolute Gasteiger partial charge is 0.469 e. The van der Waals surface area contributed by atoms with Crippen molar-refractivity contribution in [2.45, 2.75) is 65.2 Å².